The molecule has 1 aliphatic rings. The number of nitro benzene ring substituents is 1. The minimum atomic E-state index is -1.09. The Morgan fingerprint density at radius 2 is 1.82 bits per heavy atom. The lowest BCUT2D eigenvalue weighted by Crippen LogP contribution is -2.40. The van der Waals surface area contributed by atoms with Gasteiger partial charge >= 0.3 is 11.9 Å². The maximum Gasteiger partial charge on any atom is 0.355 e. The van der Waals surface area contributed by atoms with Crippen LogP contribution in [-0.4, -0.2) is 41.5 Å². The number of hydrogen-bond acceptors (Lipinski definition) is 8. The van der Waals surface area contributed by atoms with E-state index >= 15 is 0 Å². The monoisotopic (exact) mass is 385 g/mol. The molecule has 0 aromatic heterocycles. The van der Waals surface area contributed by atoms with E-state index in [0.717, 1.165) is 0 Å². The van der Waals surface area contributed by atoms with Crippen molar-refractivity contribution in [1.82, 2.24) is 0 Å². The zero-order valence-electron chi connectivity index (χ0n) is 15.2. The highest BCUT2D eigenvalue weighted by molar-refractivity contribution is 6.40. The van der Waals surface area contributed by atoms with Gasteiger partial charge in [0, 0.05) is 11.6 Å². The van der Waals surface area contributed by atoms with Crippen LogP contribution in [0.2, 0.25) is 0 Å². The summed E-state index contributed by atoms with van der Waals surface area (Å²) in [6.45, 7) is 8.34. The van der Waals surface area contributed by atoms with Gasteiger partial charge < -0.3 is 9.47 Å². The third kappa shape index (κ3) is 4.37. The highest BCUT2D eigenvalue weighted by Gasteiger charge is 2.44. The number of hydrogen-bond donors (Lipinski definition) is 0. The molecule has 146 valence electrons. The molecule has 1 heterocycles. The fraction of sp³-hybridized carbons (Fsp3) is 0.263. The smallest absolute Gasteiger partial charge is 0.355 e. The number of benzene rings is 1. The highest BCUT2D eigenvalue weighted by atomic mass is 16.6. The molecule has 0 spiro atoms. The van der Waals surface area contributed by atoms with Gasteiger partial charge in [0.25, 0.3) is 5.69 Å². The summed E-state index contributed by atoms with van der Waals surface area (Å²) in [5.41, 5.74) is -0.0793. The molecule has 0 saturated heterocycles. The maximum atomic E-state index is 12.7. The van der Waals surface area contributed by atoms with Crippen molar-refractivity contribution in [3.05, 3.63) is 65.3 Å². The number of ether oxygens (including phenoxy) is 2. The molecule has 9 heteroatoms. The van der Waals surface area contributed by atoms with E-state index in [9.17, 15) is 19.7 Å². The van der Waals surface area contributed by atoms with Gasteiger partial charge in [0.15, 0.2) is 5.71 Å². The Bertz CT molecular complexity index is 874. The molecule has 2 rings (SSSR count). The first kappa shape index (κ1) is 20.7. The SMILES string of the molecule is C=CCOC(=O)C1=NN=C(C)C(C(=O)OCC=C)C1c1ccccc1[N+](=O)[O-]. The molecule has 0 aliphatic carbocycles. The molecule has 0 bridgehead atoms. The summed E-state index contributed by atoms with van der Waals surface area (Å²) < 4.78 is 10.2. The van der Waals surface area contributed by atoms with Crippen molar-refractivity contribution in [2.24, 2.45) is 16.1 Å². The van der Waals surface area contributed by atoms with Crippen LogP contribution in [0.4, 0.5) is 5.69 Å². The third-order valence-corrected chi connectivity index (χ3v) is 4.00. The maximum absolute atomic E-state index is 12.7. The zero-order valence-corrected chi connectivity index (χ0v) is 15.2. The zero-order chi connectivity index (χ0) is 20.7. The highest BCUT2D eigenvalue weighted by Crippen LogP contribution is 2.37. The number of nitro groups is 1. The van der Waals surface area contributed by atoms with Crippen LogP contribution < -0.4 is 0 Å². The summed E-state index contributed by atoms with van der Waals surface area (Å²) in [5, 5.41) is 19.3. The molecule has 2 atom stereocenters. The van der Waals surface area contributed by atoms with Gasteiger partial charge in [-0.25, -0.2) is 4.79 Å². The van der Waals surface area contributed by atoms with E-state index in [2.05, 4.69) is 23.4 Å². The summed E-state index contributed by atoms with van der Waals surface area (Å²) in [7, 11) is 0. The molecule has 0 amide bonds. The normalized spacial score (nSPS) is 18.3. The van der Waals surface area contributed by atoms with Crippen LogP contribution in [0.15, 0.2) is 59.8 Å². The van der Waals surface area contributed by atoms with Crippen molar-refractivity contribution in [2.75, 3.05) is 13.2 Å². The molecular formula is C19H19N3O6. The summed E-state index contributed by atoms with van der Waals surface area (Å²) >= 11 is 0. The average Bonchev–Trinajstić information content (AvgIpc) is 2.69. The van der Waals surface area contributed by atoms with E-state index in [4.69, 9.17) is 9.47 Å². The van der Waals surface area contributed by atoms with Gasteiger partial charge in [0.05, 0.1) is 16.6 Å². The number of para-hydroxylation sites is 1. The van der Waals surface area contributed by atoms with Crippen molar-refractivity contribution < 1.29 is 24.0 Å². The molecule has 9 nitrogen and oxygen atoms in total. The van der Waals surface area contributed by atoms with Crippen molar-refractivity contribution in [2.45, 2.75) is 12.8 Å². The summed E-state index contributed by atoms with van der Waals surface area (Å²) in [5.74, 6) is -3.72. The predicted octanol–water partition coefficient (Wildman–Crippen LogP) is 2.58. The molecule has 0 N–H and O–H groups in total. The van der Waals surface area contributed by atoms with E-state index < -0.39 is 28.7 Å². The molecule has 0 saturated carbocycles. The van der Waals surface area contributed by atoms with E-state index in [1.807, 2.05) is 0 Å². The lowest BCUT2D eigenvalue weighted by molar-refractivity contribution is -0.385. The second-order valence-electron chi connectivity index (χ2n) is 5.80. The van der Waals surface area contributed by atoms with Crippen LogP contribution in [0.5, 0.6) is 0 Å². The van der Waals surface area contributed by atoms with Gasteiger partial charge in [0.2, 0.25) is 0 Å². The van der Waals surface area contributed by atoms with Gasteiger partial charge in [-0.3, -0.25) is 14.9 Å². The largest absolute Gasteiger partial charge is 0.461 e. The quantitative estimate of drug-likeness (QED) is 0.293. The Kier molecular flexibility index (Phi) is 6.91. The molecule has 2 unspecified atom stereocenters. The molecular weight excluding hydrogens is 366 g/mol. The lowest BCUT2D eigenvalue weighted by atomic mass is 9.78. The van der Waals surface area contributed by atoms with E-state index in [0.29, 0.717) is 0 Å². The molecule has 1 aliphatic heterocycles. The van der Waals surface area contributed by atoms with Crippen LogP contribution in [0, 0.1) is 16.0 Å². The first-order valence-corrected chi connectivity index (χ1v) is 8.33. The van der Waals surface area contributed by atoms with Crippen molar-refractivity contribution in [3.8, 4) is 0 Å². The standard InChI is InChI=1S/C19H19N3O6/c1-4-10-27-18(23)15-12(3)20-21-17(19(24)28-11-5-2)16(15)13-8-6-7-9-14(13)22(25)26/h4-9,15-16H,1-2,10-11H2,3H3. The Hall–Kier alpha value is -3.62. The van der Waals surface area contributed by atoms with Gasteiger partial charge in [0.1, 0.15) is 19.1 Å². The second-order valence-corrected chi connectivity index (χ2v) is 5.80. The van der Waals surface area contributed by atoms with E-state index in [1.165, 1.54) is 37.3 Å². The molecule has 0 fully saturated rings. The predicted molar refractivity (Wildman–Crippen MR) is 102 cm³/mol. The fourth-order valence-electron chi connectivity index (χ4n) is 2.81. The molecule has 28 heavy (non-hydrogen) atoms. The minimum Gasteiger partial charge on any atom is -0.461 e. The summed E-state index contributed by atoms with van der Waals surface area (Å²) in [6.07, 6.45) is 2.76. The number of carbonyl (C=O) groups is 2. The fourth-order valence-corrected chi connectivity index (χ4v) is 2.81. The number of carbonyl (C=O) groups excluding carboxylic acids is 2. The van der Waals surface area contributed by atoms with Crippen LogP contribution in [0.1, 0.15) is 18.4 Å². The van der Waals surface area contributed by atoms with Crippen molar-refractivity contribution in [1.29, 1.82) is 0 Å². The number of esters is 2. The Morgan fingerprint density at radius 1 is 1.18 bits per heavy atom. The van der Waals surface area contributed by atoms with Gasteiger partial charge in [-0.15, -0.1) is 5.10 Å². The van der Waals surface area contributed by atoms with Gasteiger partial charge in [-0.05, 0) is 6.92 Å². The summed E-state index contributed by atoms with van der Waals surface area (Å²) in [4.78, 5) is 36.1. The summed E-state index contributed by atoms with van der Waals surface area (Å²) in [6, 6.07) is 5.81. The number of rotatable bonds is 8. The number of nitrogens with zero attached hydrogens (tertiary/aromatic N) is 3. The first-order chi connectivity index (χ1) is 13.4. The Morgan fingerprint density at radius 3 is 2.46 bits per heavy atom. The van der Waals surface area contributed by atoms with Gasteiger partial charge in [-0.2, -0.15) is 5.10 Å². The Balaban J connectivity index is 2.60. The van der Waals surface area contributed by atoms with Crippen molar-refractivity contribution >= 4 is 29.0 Å². The van der Waals surface area contributed by atoms with Crippen molar-refractivity contribution in [3.63, 3.8) is 0 Å². The van der Waals surface area contributed by atoms with E-state index in [-0.39, 0.29) is 35.9 Å². The molecule has 1 aromatic rings. The van der Waals surface area contributed by atoms with Crippen LogP contribution in [-0.2, 0) is 19.1 Å². The Labute approximate surface area is 161 Å². The van der Waals surface area contributed by atoms with Gasteiger partial charge in [-0.1, -0.05) is 43.5 Å². The second kappa shape index (κ2) is 9.36. The van der Waals surface area contributed by atoms with E-state index in [1.54, 1.807) is 6.07 Å². The lowest BCUT2D eigenvalue weighted by Gasteiger charge is -2.28. The average molecular weight is 385 g/mol. The first-order valence-electron chi connectivity index (χ1n) is 8.33. The van der Waals surface area contributed by atoms with Crippen LogP contribution in [0.25, 0.3) is 0 Å². The van der Waals surface area contributed by atoms with Crippen LogP contribution in [0.3, 0.4) is 0 Å². The minimum absolute atomic E-state index is 0.0559. The molecule has 1 aromatic carbocycles. The topological polar surface area (TPSA) is 120 Å². The van der Waals surface area contributed by atoms with Crippen LogP contribution >= 0.6 is 0 Å². The molecule has 0 radical (unpaired) electrons. The third-order valence-electron chi connectivity index (χ3n) is 4.00.